The Morgan fingerprint density at radius 1 is 1.19 bits per heavy atom. The number of hydrogen-bond acceptors (Lipinski definition) is 5. The summed E-state index contributed by atoms with van der Waals surface area (Å²) in [5, 5.41) is 9.73. The number of benzene rings is 1. The van der Waals surface area contributed by atoms with Crippen molar-refractivity contribution < 1.29 is 31.9 Å². The fourth-order valence-electron chi connectivity index (χ4n) is 4.57. The summed E-state index contributed by atoms with van der Waals surface area (Å²) in [5.41, 5.74) is 4.28. The lowest BCUT2D eigenvalue weighted by atomic mass is 9.97. The number of phenols is 1. The van der Waals surface area contributed by atoms with Crippen LogP contribution < -0.4 is 5.73 Å². The average molecular weight is 521 g/mol. The summed E-state index contributed by atoms with van der Waals surface area (Å²) < 4.78 is 74.1. The Morgan fingerprint density at radius 3 is 2.35 bits per heavy atom. The molecule has 4 aromatic rings. The average Bonchev–Trinajstić information content (AvgIpc) is 3.29. The smallest absolute Gasteiger partial charge is 0.434 e. The number of anilines is 1. The van der Waals surface area contributed by atoms with E-state index in [-0.39, 0.29) is 33.9 Å². The molecule has 0 aliphatic carbocycles. The Kier molecular flexibility index (Phi) is 5.85. The molecule has 4 rings (SSSR count). The molecular weight excluding hydrogens is 497 g/mol. The van der Waals surface area contributed by atoms with E-state index in [1.807, 2.05) is 0 Å². The number of ketones is 1. The van der Waals surface area contributed by atoms with Crippen molar-refractivity contribution in [3.05, 3.63) is 53.0 Å². The first kappa shape index (κ1) is 26.1. The highest BCUT2D eigenvalue weighted by molar-refractivity contribution is 6.19. The predicted octanol–water partition coefficient (Wildman–Crippen LogP) is 5.95. The van der Waals surface area contributed by atoms with E-state index in [1.54, 1.807) is 6.92 Å². The summed E-state index contributed by atoms with van der Waals surface area (Å²) in [6, 6.07) is 2.92. The maximum atomic E-state index is 14.4. The van der Waals surface area contributed by atoms with Crippen molar-refractivity contribution in [3.8, 4) is 11.4 Å². The normalized spacial score (nSPS) is 13.5. The molecule has 1 aromatic carbocycles. The van der Waals surface area contributed by atoms with Gasteiger partial charge in [-0.3, -0.25) is 9.36 Å². The fourth-order valence-corrected chi connectivity index (χ4v) is 4.57. The lowest BCUT2D eigenvalue weighted by molar-refractivity contribution is -0.139. The molecule has 0 radical (unpaired) electrons. The summed E-state index contributed by atoms with van der Waals surface area (Å²) in [6.07, 6.45) is -3.83. The fraction of sp³-hybridized carbons (Fsp3) is 0.320. The van der Waals surface area contributed by atoms with Crippen molar-refractivity contribution >= 4 is 33.7 Å². The first-order valence-corrected chi connectivity index (χ1v) is 11.1. The van der Waals surface area contributed by atoms with Gasteiger partial charge in [-0.15, -0.1) is 6.58 Å². The van der Waals surface area contributed by atoms with Crippen molar-refractivity contribution in [1.82, 2.24) is 19.1 Å². The quantitative estimate of drug-likeness (QED) is 0.192. The van der Waals surface area contributed by atoms with Gasteiger partial charge in [-0.1, -0.05) is 19.1 Å². The Bertz CT molecular complexity index is 1610. The number of allylic oxidation sites excluding steroid dienone is 1. The number of hydrogen-bond donors (Lipinski definition) is 2. The van der Waals surface area contributed by atoms with Crippen LogP contribution in [0.5, 0.6) is 5.75 Å². The molecule has 0 bridgehead atoms. The van der Waals surface area contributed by atoms with Crippen molar-refractivity contribution in [2.75, 3.05) is 5.73 Å². The summed E-state index contributed by atoms with van der Waals surface area (Å²) in [7, 11) is 1.13. The maximum Gasteiger partial charge on any atom is 0.434 e. The number of Topliss-reactive ketones (excluding diaryl/α,β-unsaturated/α-hetero) is 1. The largest absolute Gasteiger partial charge is 0.508 e. The van der Waals surface area contributed by atoms with Crippen LogP contribution in [-0.2, 0) is 19.1 Å². The number of nitrogens with zero attached hydrogens (tertiary/aromatic N) is 4. The molecule has 196 valence electrons. The number of aromatic hydroxyl groups is 1. The van der Waals surface area contributed by atoms with Crippen LogP contribution in [0, 0.1) is 19.8 Å². The number of fused-ring (bicyclic) bond motifs is 3. The van der Waals surface area contributed by atoms with Crippen LogP contribution >= 0.6 is 0 Å². The first-order valence-electron chi connectivity index (χ1n) is 11.1. The highest BCUT2D eigenvalue weighted by atomic mass is 19.4. The molecule has 3 N–H and O–H groups in total. The number of halogens is 5. The Labute approximate surface area is 208 Å². The van der Waals surface area contributed by atoms with Gasteiger partial charge in [0.15, 0.2) is 22.9 Å². The molecule has 12 heteroatoms. The molecule has 1 atom stereocenters. The molecule has 7 nitrogen and oxygen atoms in total. The van der Waals surface area contributed by atoms with E-state index in [2.05, 4.69) is 16.5 Å². The maximum absolute atomic E-state index is 14.4. The summed E-state index contributed by atoms with van der Waals surface area (Å²) in [5.74, 6) is -6.59. The Balaban J connectivity index is 2.41. The minimum absolute atomic E-state index is 0.183. The molecule has 0 fully saturated rings. The van der Waals surface area contributed by atoms with Crippen molar-refractivity contribution in [3.63, 3.8) is 0 Å². The van der Waals surface area contributed by atoms with Gasteiger partial charge in [0, 0.05) is 30.8 Å². The van der Waals surface area contributed by atoms with Crippen LogP contribution in [0.15, 0.2) is 24.8 Å². The van der Waals surface area contributed by atoms with Crippen LogP contribution in [-0.4, -0.2) is 30.0 Å². The zero-order chi connectivity index (χ0) is 27.8. The molecule has 3 aromatic heterocycles. The standard InChI is InChI=1S/C25H24F5N5O2/c1-7-10(2)19(37)15-14-18(35(21(15)31)17-11(3)8-9-13(36)12(17)4)16-22(33-20(14)25(28,29)30)34(6)23(32-16)24(5,26)27/h7-10,36H,1,31H2,2-6H3. The number of aromatic nitrogens is 4. The minimum atomic E-state index is -5.08. The number of imidazole rings is 1. The number of carbonyl (C=O) groups is 1. The second kappa shape index (κ2) is 8.29. The number of aryl methyl sites for hydroxylation is 2. The van der Waals surface area contributed by atoms with Gasteiger partial charge >= 0.3 is 12.1 Å². The lowest BCUT2D eigenvalue weighted by Gasteiger charge is -2.16. The monoisotopic (exact) mass is 521 g/mol. The van der Waals surface area contributed by atoms with E-state index < -0.39 is 51.9 Å². The van der Waals surface area contributed by atoms with Gasteiger partial charge in [0.1, 0.15) is 17.1 Å². The summed E-state index contributed by atoms with van der Waals surface area (Å²) in [6.45, 7) is 8.70. The van der Waals surface area contributed by atoms with E-state index in [9.17, 15) is 31.9 Å². The van der Waals surface area contributed by atoms with Gasteiger partial charge < -0.3 is 15.4 Å². The van der Waals surface area contributed by atoms with Crippen molar-refractivity contribution in [1.29, 1.82) is 0 Å². The number of nitrogen functional groups attached to an aromatic ring is 1. The third-order valence-corrected chi connectivity index (χ3v) is 6.45. The highest BCUT2D eigenvalue weighted by Gasteiger charge is 2.42. The molecule has 1 unspecified atom stereocenters. The molecule has 0 aliphatic rings. The third kappa shape index (κ3) is 3.82. The van der Waals surface area contributed by atoms with E-state index in [0.29, 0.717) is 12.5 Å². The summed E-state index contributed by atoms with van der Waals surface area (Å²) >= 11 is 0. The first-order chi connectivity index (χ1) is 17.0. The molecule has 0 amide bonds. The van der Waals surface area contributed by atoms with Gasteiger partial charge in [-0.05, 0) is 25.5 Å². The van der Waals surface area contributed by atoms with Gasteiger partial charge in [0.05, 0.1) is 16.8 Å². The molecule has 0 saturated carbocycles. The van der Waals surface area contributed by atoms with Crippen molar-refractivity contribution in [2.24, 2.45) is 13.0 Å². The SMILES string of the molecule is C=CC(C)C(=O)c1c(N)n(-c2c(C)ccc(O)c2C)c2c1c(C(F)(F)F)nc1c2nc(C(C)(F)F)n1C. The lowest BCUT2D eigenvalue weighted by Crippen LogP contribution is -2.15. The third-order valence-electron chi connectivity index (χ3n) is 6.45. The Morgan fingerprint density at radius 2 is 1.81 bits per heavy atom. The summed E-state index contributed by atoms with van der Waals surface area (Å²) in [4.78, 5) is 21.1. The highest BCUT2D eigenvalue weighted by Crippen LogP contribution is 2.45. The molecule has 0 spiro atoms. The molecule has 3 heterocycles. The van der Waals surface area contributed by atoms with Crippen LogP contribution in [0.4, 0.5) is 27.8 Å². The van der Waals surface area contributed by atoms with Gasteiger partial charge in [-0.2, -0.15) is 22.0 Å². The number of alkyl halides is 5. The van der Waals surface area contributed by atoms with Crippen LogP contribution in [0.1, 0.15) is 46.9 Å². The molecule has 0 saturated heterocycles. The topological polar surface area (TPSA) is 99.0 Å². The van der Waals surface area contributed by atoms with Gasteiger partial charge in [0.25, 0.3) is 0 Å². The number of phenolic OH excluding ortho intramolecular Hbond substituents is 1. The van der Waals surface area contributed by atoms with E-state index >= 15 is 0 Å². The second-order valence-electron chi connectivity index (χ2n) is 9.10. The number of pyridine rings is 1. The molecule has 0 aliphatic heterocycles. The second-order valence-corrected chi connectivity index (χ2v) is 9.10. The number of rotatable bonds is 5. The molecular formula is C25H24F5N5O2. The van der Waals surface area contributed by atoms with Crippen LogP contribution in [0.2, 0.25) is 0 Å². The van der Waals surface area contributed by atoms with Crippen molar-refractivity contribution in [2.45, 2.75) is 39.8 Å². The number of nitrogens with two attached hydrogens (primary N) is 1. The Hall–Kier alpha value is -3.96. The van der Waals surface area contributed by atoms with E-state index in [0.717, 1.165) is 16.2 Å². The van der Waals surface area contributed by atoms with Gasteiger partial charge in [-0.25, -0.2) is 9.97 Å². The van der Waals surface area contributed by atoms with Crippen LogP contribution in [0.3, 0.4) is 0 Å². The zero-order valence-electron chi connectivity index (χ0n) is 20.6. The van der Waals surface area contributed by atoms with E-state index in [1.165, 1.54) is 32.1 Å². The molecule has 37 heavy (non-hydrogen) atoms. The van der Waals surface area contributed by atoms with E-state index in [4.69, 9.17) is 5.73 Å². The number of carbonyl (C=O) groups excluding carboxylic acids is 1. The minimum Gasteiger partial charge on any atom is -0.508 e. The van der Waals surface area contributed by atoms with Crippen LogP contribution in [0.25, 0.3) is 27.8 Å². The van der Waals surface area contributed by atoms with Gasteiger partial charge in [0.2, 0.25) is 0 Å². The zero-order valence-corrected chi connectivity index (χ0v) is 20.6. The predicted molar refractivity (Wildman–Crippen MR) is 129 cm³/mol.